The lowest BCUT2D eigenvalue weighted by Gasteiger charge is -2.10. The van der Waals surface area contributed by atoms with Crippen LogP contribution in [0.1, 0.15) is 36.5 Å². The summed E-state index contributed by atoms with van der Waals surface area (Å²) in [4.78, 5) is 0. The number of hydrogen-bond acceptors (Lipinski definition) is 2. The fourth-order valence-electron chi connectivity index (χ4n) is 2.15. The Morgan fingerprint density at radius 3 is 2.39 bits per heavy atom. The van der Waals surface area contributed by atoms with Crippen LogP contribution in [0.25, 0.3) is 11.3 Å². The maximum Gasteiger partial charge on any atom is 0.124 e. The molecule has 1 heterocycles. The summed E-state index contributed by atoms with van der Waals surface area (Å²) in [6.45, 7) is 8.55. The summed E-state index contributed by atoms with van der Waals surface area (Å²) >= 11 is 0. The Morgan fingerprint density at radius 2 is 1.89 bits per heavy atom. The van der Waals surface area contributed by atoms with E-state index < -0.39 is 0 Å². The SMILES string of the molecule is Cc1ccc(C(C)C)cc1-c1nn(C)c(N)c1C. The van der Waals surface area contributed by atoms with Gasteiger partial charge in [-0.25, -0.2) is 0 Å². The van der Waals surface area contributed by atoms with Crippen molar-refractivity contribution < 1.29 is 0 Å². The summed E-state index contributed by atoms with van der Waals surface area (Å²) in [6, 6.07) is 6.58. The predicted octanol–water partition coefficient (Wildman–Crippen LogP) is 3.41. The molecule has 0 aliphatic heterocycles. The number of benzene rings is 1. The maximum atomic E-state index is 5.99. The van der Waals surface area contributed by atoms with Crippen molar-refractivity contribution in [2.45, 2.75) is 33.6 Å². The fourth-order valence-corrected chi connectivity index (χ4v) is 2.15. The van der Waals surface area contributed by atoms with Crippen molar-refractivity contribution in [1.82, 2.24) is 9.78 Å². The zero-order valence-corrected chi connectivity index (χ0v) is 11.8. The van der Waals surface area contributed by atoms with Crippen molar-refractivity contribution >= 4 is 5.82 Å². The summed E-state index contributed by atoms with van der Waals surface area (Å²) in [6.07, 6.45) is 0. The lowest BCUT2D eigenvalue weighted by atomic mass is 9.95. The topological polar surface area (TPSA) is 43.8 Å². The highest BCUT2D eigenvalue weighted by Gasteiger charge is 2.14. The quantitative estimate of drug-likeness (QED) is 0.878. The van der Waals surface area contributed by atoms with Crippen LogP contribution >= 0.6 is 0 Å². The van der Waals surface area contributed by atoms with Crippen LogP contribution in [0.3, 0.4) is 0 Å². The molecular formula is C15H21N3. The second-order valence-electron chi connectivity index (χ2n) is 5.21. The van der Waals surface area contributed by atoms with Crippen molar-refractivity contribution in [1.29, 1.82) is 0 Å². The smallest absolute Gasteiger partial charge is 0.124 e. The summed E-state index contributed by atoms with van der Waals surface area (Å²) < 4.78 is 1.74. The number of hydrogen-bond donors (Lipinski definition) is 1. The molecule has 0 radical (unpaired) electrons. The van der Waals surface area contributed by atoms with Gasteiger partial charge in [0.05, 0.1) is 5.69 Å². The molecule has 3 heteroatoms. The average Bonchev–Trinajstić information content (AvgIpc) is 2.57. The second-order valence-corrected chi connectivity index (χ2v) is 5.21. The highest BCUT2D eigenvalue weighted by Crippen LogP contribution is 2.30. The van der Waals surface area contributed by atoms with E-state index in [1.165, 1.54) is 16.7 Å². The van der Waals surface area contributed by atoms with Crippen LogP contribution in [-0.4, -0.2) is 9.78 Å². The molecule has 96 valence electrons. The van der Waals surface area contributed by atoms with E-state index in [0.717, 1.165) is 17.1 Å². The standard InChI is InChI=1S/C15H21N3/c1-9(2)12-7-6-10(3)13(8-12)14-11(4)15(16)18(5)17-14/h6-9H,16H2,1-5H3. The van der Waals surface area contributed by atoms with E-state index in [0.29, 0.717) is 5.92 Å². The summed E-state index contributed by atoms with van der Waals surface area (Å²) in [5, 5.41) is 4.53. The van der Waals surface area contributed by atoms with Crippen LogP contribution in [0.2, 0.25) is 0 Å². The van der Waals surface area contributed by atoms with Crippen molar-refractivity contribution in [3.8, 4) is 11.3 Å². The van der Waals surface area contributed by atoms with Gasteiger partial charge in [0.2, 0.25) is 0 Å². The van der Waals surface area contributed by atoms with Crippen LogP contribution < -0.4 is 5.73 Å². The fraction of sp³-hybridized carbons (Fsp3) is 0.400. The normalized spacial score (nSPS) is 11.2. The molecule has 0 aliphatic carbocycles. The van der Waals surface area contributed by atoms with E-state index in [1.807, 2.05) is 14.0 Å². The first-order valence-corrected chi connectivity index (χ1v) is 6.31. The first-order chi connectivity index (χ1) is 8.41. The van der Waals surface area contributed by atoms with E-state index in [-0.39, 0.29) is 0 Å². The van der Waals surface area contributed by atoms with Gasteiger partial charge in [-0.15, -0.1) is 0 Å². The Hall–Kier alpha value is -1.77. The molecular weight excluding hydrogens is 222 g/mol. The Morgan fingerprint density at radius 1 is 1.22 bits per heavy atom. The van der Waals surface area contributed by atoms with Crippen molar-refractivity contribution in [3.05, 3.63) is 34.9 Å². The minimum Gasteiger partial charge on any atom is -0.384 e. The Balaban J connectivity index is 2.62. The summed E-state index contributed by atoms with van der Waals surface area (Å²) in [5.41, 5.74) is 11.8. The number of aryl methyl sites for hydroxylation is 2. The van der Waals surface area contributed by atoms with Gasteiger partial charge in [-0.05, 0) is 37.0 Å². The molecule has 18 heavy (non-hydrogen) atoms. The molecule has 0 fully saturated rings. The lowest BCUT2D eigenvalue weighted by molar-refractivity contribution is 0.781. The summed E-state index contributed by atoms with van der Waals surface area (Å²) in [5.74, 6) is 1.25. The first kappa shape index (κ1) is 12.7. The van der Waals surface area contributed by atoms with Gasteiger partial charge in [0.15, 0.2) is 0 Å². The van der Waals surface area contributed by atoms with Gasteiger partial charge in [-0.3, -0.25) is 4.68 Å². The molecule has 0 saturated heterocycles. The molecule has 0 bridgehead atoms. The third kappa shape index (κ3) is 2.01. The number of nitrogens with two attached hydrogens (primary N) is 1. The molecule has 2 rings (SSSR count). The van der Waals surface area contributed by atoms with Gasteiger partial charge in [0, 0.05) is 18.2 Å². The van der Waals surface area contributed by atoms with Crippen LogP contribution in [0.4, 0.5) is 5.82 Å². The Kier molecular flexibility index (Phi) is 3.16. The molecule has 1 aromatic heterocycles. The molecule has 0 amide bonds. The number of nitrogens with zero attached hydrogens (tertiary/aromatic N) is 2. The molecule has 2 aromatic rings. The second kappa shape index (κ2) is 4.48. The predicted molar refractivity (Wildman–Crippen MR) is 76.6 cm³/mol. The minimum atomic E-state index is 0.519. The number of anilines is 1. The van der Waals surface area contributed by atoms with E-state index in [2.05, 4.69) is 44.1 Å². The number of nitrogen functional groups attached to an aromatic ring is 1. The Bertz CT molecular complexity index is 580. The zero-order chi connectivity index (χ0) is 13.4. The van der Waals surface area contributed by atoms with Gasteiger partial charge in [0.25, 0.3) is 0 Å². The monoisotopic (exact) mass is 243 g/mol. The van der Waals surface area contributed by atoms with E-state index in [1.54, 1.807) is 4.68 Å². The van der Waals surface area contributed by atoms with Crippen molar-refractivity contribution in [3.63, 3.8) is 0 Å². The van der Waals surface area contributed by atoms with Gasteiger partial charge >= 0.3 is 0 Å². The molecule has 0 unspecified atom stereocenters. The number of rotatable bonds is 2. The molecule has 0 atom stereocenters. The van der Waals surface area contributed by atoms with Crippen LogP contribution in [-0.2, 0) is 7.05 Å². The van der Waals surface area contributed by atoms with Crippen LogP contribution in [0.5, 0.6) is 0 Å². The third-order valence-electron chi connectivity index (χ3n) is 3.52. The highest BCUT2D eigenvalue weighted by molar-refractivity contribution is 5.71. The maximum absolute atomic E-state index is 5.99. The van der Waals surface area contributed by atoms with E-state index in [4.69, 9.17) is 5.73 Å². The van der Waals surface area contributed by atoms with Gasteiger partial charge in [0.1, 0.15) is 5.82 Å². The number of aromatic nitrogens is 2. The van der Waals surface area contributed by atoms with Gasteiger partial charge in [-0.2, -0.15) is 5.10 Å². The average molecular weight is 243 g/mol. The van der Waals surface area contributed by atoms with Gasteiger partial charge < -0.3 is 5.73 Å². The van der Waals surface area contributed by atoms with Crippen molar-refractivity contribution in [2.24, 2.45) is 7.05 Å². The molecule has 2 N–H and O–H groups in total. The molecule has 1 aromatic carbocycles. The molecule has 0 aliphatic rings. The van der Waals surface area contributed by atoms with E-state index >= 15 is 0 Å². The molecule has 0 saturated carbocycles. The third-order valence-corrected chi connectivity index (χ3v) is 3.52. The van der Waals surface area contributed by atoms with Gasteiger partial charge in [-0.1, -0.05) is 26.0 Å². The zero-order valence-electron chi connectivity index (χ0n) is 11.8. The van der Waals surface area contributed by atoms with Crippen LogP contribution in [0.15, 0.2) is 18.2 Å². The first-order valence-electron chi connectivity index (χ1n) is 6.31. The molecule has 0 spiro atoms. The highest BCUT2D eigenvalue weighted by atomic mass is 15.3. The minimum absolute atomic E-state index is 0.519. The largest absolute Gasteiger partial charge is 0.384 e. The van der Waals surface area contributed by atoms with Crippen LogP contribution in [0, 0.1) is 13.8 Å². The molecule has 3 nitrogen and oxygen atoms in total. The van der Waals surface area contributed by atoms with Crippen molar-refractivity contribution in [2.75, 3.05) is 5.73 Å². The lowest BCUT2D eigenvalue weighted by Crippen LogP contribution is -1.97. The summed E-state index contributed by atoms with van der Waals surface area (Å²) in [7, 11) is 1.88. The van der Waals surface area contributed by atoms with E-state index in [9.17, 15) is 0 Å². The Labute approximate surface area is 109 Å².